The van der Waals surface area contributed by atoms with Gasteiger partial charge in [-0.3, -0.25) is 9.52 Å². The number of hydrogen-bond donors (Lipinski definition) is 2. The summed E-state index contributed by atoms with van der Waals surface area (Å²) in [5.74, 6) is -0.358. The number of carbonyl (C=O) groups is 1. The van der Waals surface area contributed by atoms with E-state index in [2.05, 4.69) is 26.0 Å². The molecule has 0 aliphatic rings. The van der Waals surface area contributed by atoms with Crippen LogP contribution >= 0.6 is 15.9 Å². The lowest BCUT2D eigenvalue weighted by Crippen LogP contribution is -2.14. The van der Waals surface area contributed by atoms with Gasteiger partial charge in [0.25, 0.3) is 0 Å². The fourth-order valence-electron chi connectivity index (χ4n) is 1.83. The SMILES string of the molecule is CS(=O)(=O)Nc1ccccc1NC(=O)C=Cc1ccccc1Br. The largest absolute Gasteiger partial charge is 0.321 e. The van der Waals surface area contributed by atoms with Crippen molar-refractivity contribution in [2.45, 2.75) is 0 Å². The van der Waals surface area contributed by atoms with E-state index in [1.54, 1.807) is 30.3 Å². The van der Waals surface area contributed by atoms with Crippen molar-refractivity contribution in [3.05, 3.63) is 64.6 Å². The number of para-hydroxylation sites is 2. The molecule has 120 valence electrons. The molecule has 2 aromatic carbocycles. The van der Waals surface area contributed by atoms with E-state index in [9.17, 15) is 13.2 Å². The minimum Gasteiger partial charge on any atom is -0.321 e. The first-order valence-corrected chi connectivity index (χ1v) is 9.34. The number of amides is 1. The highest BCUT2D eigenvalue weighted by molar-refractivity contribution is 9.10. The molecule has 5 nitrogen and oxygen atoms in total. The second-order valence-corrected chi connectivity index (χ2v) is 7.37. The summed E-state index contributed by atoms with van der Waals surface area (Å²) >= 11 is 3.40. The van der Waals surface area contributed by atoms with Gasteiger partial charge < -0.3 is 5.32 Å². The van der Waals surface area contributed by atoms with Crippen LogP contribution in [0, 0.1) is 0 Å². The molecule has 7 heteroatoms. The number of carbonyl (C=O) groups excluding carboxylic acids is 1. The molecule has 0 atom stereocenters. The molecular weight excluding hydrogens is 380 g/mol. The second-order valence-electron chi connectivity index (χ2n) is 4.76. The molecule has 1 amide bonds. The van der Waals surface area contributed by atoms with Crippen LogP contribution in [0.3, 0.4) is 0 Å². The summed E-state index contributed by atoms with van der Waals surface area (Å²) in [7, 11) is -3.42. The zero-order valence-corrected chi connectivity index (χ0v) is 14.7. The van der Waals surface area contributed by atoms with Crippen molar-refractivity contribution < 1.29 is 13.2 Å². The van der Waals surface area contributed by atoms with Crippen LogP contribution in [-0.2, 0) is 14.8 Å². The van der Waals surface area contributed by atoms with E-state index in [0.717, 1.165) is 16.3 Å². The van der Waals surface area contributed by atoms with Gasteiger partial charge in [0.05, 0.1) is 17.6 Å². The van der Waals surface area contributed by atoms with Crippen LogP contribution in [0.1, 0.15) is 5.56 Å². The van der Waals surface area contributed by atoms with Crippen molar-refractivity contribution in [1.29, 1.82) is 0 Å². The number of anilines is 2. The van der Waals surface area contributed by atoms with E-state index in [-0.39, 0.29) is 5.91 Å². The molecule has 0 saturated carbocycles. The van der Waals surface area contributed by atoms with Crippen molar-refractivity contribution in [2.24, 2.45) is 0 Å². The highest BCUT2D eigenvalue weighted by Crippen LogP contribution is 2.22. The first-order valence-electron chi connectivity index (χ1n) is 6.65. The summed E-state index contributed by atoms with van der Waals surface area (Å²) in [6.45, 7) is 0. The summed E-state index contributed by atoms with van der Waals surface area (Å²) < 4.78 is 25.9. The molecule has 2 N–H and O–H groups in total. The Labute approximate surface area is 143 Å². The molecule has 0 radical (unpaired) electrons. The monoisotopic (exact) mass is 394 g/mol. The standard InChI is InChI=1S/C16H15BrN2O3S/c1-23(21,22)19-15-9-5-4-8-14(15)18-16(20)11-10-12-6-2-3-7-13(12)17/h2-11,19H,1H3,(H,18,20). The zero-order chi connectivity index (χ0) is 16.9. The van der Waals surface area contributed by atoms with Gasteiger partial charge in [-0.05, 0) is 29.8 Å². The third kappa shape index (κ3) is 5.54. The van der Waals surface area contributed by atoms with Crippen LogP contribution in [0.25, 0.3) is 6.08 Å². The molecule has 0 aromatic heterocycles. The fraction of sp³-hybridized carbons (Fsp3) is 0.0625. The Kier molecular flexibility index (Phi) is 5.57. The van der Waals surface area contributed by atoms with Crippen LogP contribution in [-0.4, -0.2) is 20.6 Å². The fourth-order valence-corrected chi connectivity index (χ4v) is 2.83. The van der Waals surface area contributed by atoms with Gasteiger partial charge in [-0.15, -0.1) is 0 Å². The van der Waals surface area contributed by atoms with Crippen molar-refractivity contribution in [2.75, 3.05) is 16.3 Å². The lowest BCUT2D eigenvalue weighted by atomic mass is 10.2. The normalized spacial score (nSPS) is 11.4. The Bertz CT molecular complexity index is 848. The van der Waals surface area contributed by atoms with E-state index in [0.29, 0.717) is 11.4 Å². The van der Waals surface area contributed by atoms with Gasteiger partial charge >= 0.3 is 0 Å². The molecule has 2 rings (SSSR count). The summed E-state index contributed by atoms with van der Waals surface area (Å²) in [5.41, 5.74) is 1.57. The maximum Gasteiger partial charge on any atom is 0.248 e. The minimum atomic E-state index is -3.42. The number of sulfonamides is 1. The molecule has 2 aromatic rings. The summed E-state index contributed by atoms with van der Waals surface area (Å²) in [4.78, 5) is 12.0. The van der Waals surface area contributed by atoms with E-state index < -0.39 is 10.0 Å². The van der Waals surface area contributed by atoms with Crippen molar-refractivity contribution >= 4 is 49.3 Å². The number of rotatable bonds is 5. The molecule has 0 fully saturated rings. The maximum atomic E-state index is 12.0. The van der Waals surface area contributed by atoms with Crippen LogP contribution in [0.15, 0.2) is 59.1 Å². The van der Waals surface area contributed by atoms with Gasteiger partial charge in [-0.2, -0.15) is 0 Å². The highest BCUT2D eigenvalue weighted by Gasteiger charge is 2.08. The molecule has 0 unspecified atom stereocenters. The zero-order valence-electron chi connectivity index (χ0n) is 12.3. The lowest BCUT2D eigenvalue weighted by molar-refractivity contribution is -0.111. The number of hydrogen-bond acceptors (Lipinski definition) is 3. The predicted octanol–water partition coefficient (Wildman–Crippen LogP) is 3.47. The number of halogens is 1. The van der Waals surface area contributed by atoms with Crippen LogP contribution < -0.4 is 10.0 Å². The third-order valence-electron chi connectivity index (χ3n) is 2.80. The van der Waals surface area contributed by atoms with Crippen molar-refractivity contribution in [3.63, 3.8) is 0 Å². The molecule has 0 aliphatic carbocycles. The molecule has 0 aliphatic heterocycles. The Morgan fingerprint density at radius 3 is 2.30 bits per heavy atom. The smallest absolute Gasteiger partial charge is 0.248 e. The summed E-state index contributed by atoms with van der Waals surface area (Å²) in [6.07, 6.45) is 4.11. The molecule has 0 heterocycles. The molecule has 0 spiro atoms. The number of nitrogens with one attached hydrogen (secondary N) is 2. The van der Waals surface area contributed by atoms with Gasteiger partial charge in [0.2, 0.25) is 15.9 Å². The molecule has 0 saturated heterocycles. The molecular formula is C16H15BrN2O3S. The van der Waals surface area contributed by atoms with Crippen LogP contribution in [0.5, 0.6) is 0 Å². The Hall–Kier alpha value is -2.12. The quantitative estimate of drug-likeness (QED) is 0.762. The predicted molar refractivity (Wildman–Crippen MR) is 96.7 cm³/mol. The number of benzene rings is 2. The average molecular weight is 395 g/mol. The van der Waals surface area contributed by atoms with Gasteiger partial charge in [0.15, 0.2) is 0 Å². The minimum absolute atomic E-state index is 0.317. The lowest BCUT2D eigenvalue weighted by Gasteiger charge is -2.10. The summed E-state index contributed by atoms with van der Waals surface area (Å²) in [5, 5.41) is 2.65. The average Bonchev–Trinajstić information content (AvgIpc) is 2.47. The third-order valence-corrected chi connectivity index (χ3v) is 4.11. The topological polar surface area (TPSA) is 75.3 Å². The first-order chi connectivity index (χ1) is 10.8. The van der Waals surface area contributed by atoms with E-state index in [1.807, 2.05) is 24.3 Å². The Morgan fingerprint density at radius 2 is 1.65 bits per heavy atom. The Balaban J connectivity index is 2.13. The molecule has 23 heavy (non-hydrogen) atoms. The van der Waals surface area contributed by atoms with Gasteiger partial charge in [0.1, 0.15) is 0 Å². The van der Waals surface area contributed by atoms with Crippen molar-refractivity contribution in [3.8, 4) is 0 Å². The van der Waals surface area contributed by atoms with E-state index >= 15 is 0 Å². The second kappa shape index (κ2) is 7.43. The van der Waals surface area contributed by atoms with E-state index in [1.165, 1.54) is 6.08 Å². The highest BCUT2D eigenvalue weighted by atomic mass is 79.9. The Morgan fingerprint density at radius 1 is 1.04 bits per heavy atom. The maximum absolute atomic E-state index is 12.0. The summed E-state index contributed by atoms with van der Waals surface area (Å²) in [6, 6.07) is 14.1. The van der Waals surface area contributed by atoms with Gasteiger partial charge in [-0.25, -0.2) is 8.42 Å². The van der Waals surface area contributed by atoms with Gasteiger partial charge in [-0.1, -0.05) is 46.3 Å². The van der Waals surface area contributed by atoms with E-state index in [4.69, 9.17) is 0 Å². The van der Waals surface area contributed by atoms with Crippen LogP contribution in [0.4, 0.5) is 11.4 Å². The van der Waals surface area contributed by atoms with Gasteiger partial charge in [0, 0.05) is 10.5 Å². The first kappa shape index (κ1) is 17.2. The van der Waals surface area contributed by atoms with Crippen LogP contribution in [0.2, 0.25) is 0 Å². The van der Waals surface area contributed by atoms with Crippen molar-refractivity contribution in [1.82, 2.24) is 0 Å². The molecule has 0 bridgehead atoms.